The highest BCUT2D eigenvalue weighted by Crippen LogP contribution is 2.34. The molecule has 0 heterocycles. The van der Waals surface area contributed by atoms with Gasteiger partial charge in [-0.25, -0.2) is 0 Å². The van der Waals surface area contributed by atoms with Crippen molar-refractivity contribution >= 4 is 11.8 Å². The Morgan fingerprint density at radius 2 is 1.85 bits per heavy atom. The van der Waals surface area contributed by atoms with Crippen LogP contribution in [0.1, 0.15) is 20.3 Å². The van der Waals surface area contributed by atoms with Gasteiger partial charge in [-0.2, -0.15) is 0 Å². The van der Waals surface area contributed by atoms with Crippen molar-refractivity contribution in [3.05, 3.63) is 30.3 Å². The van der Waals surface area contributed by atoms with Gasteiger partial charge in [-0.05, 0) is 25.1 Å². The second-order valence-electron chi connectivity index (χ2n) is 3.71. The fourth-order valence-corrected chi connectivity index (χ4v) is 2.36. The van der Waals surface area contributed by atoms with E-state index in [0.29, 0.717) is 0 Å². The van der Waals surface area contributed by atoms with Crippen LogP contribution in [0.2, 0.25) is 0 Å². The van der Waals surface area contributed by atoms with Crippen LogP contribution in [0.25, 0.3) is 0 Å². The number of nitrogens with two attached hydrogens (primary N) is 1. The molecule has 0 radical (unpaired) electrons. The molecule has 1 aromatic rings. The van der Waals surface area contributed by atoms with E-state index in [1.807, 2.05) is 17.8 Å². The Bertz CT molecular complexity index is 244. The Labute approximate surface area is 84.7 Å². The summed E-state index contributed by atoms with van der Waals surface area (Å²) in [5, 5.41) is 0. The molecule has 0 aliphatic rings. The fourth-order valence-electron chi connectivity index (χ4n) is 1.21. The van der Waals surface area contributed by atoms with E-state index in [4.69, 9.17) is 5.73 Å². The van der Waals surface area contributed by atoms with Gasteiger partial charge >= 0.3 is 0 Å². The second kappa shape index (κ2) is 4.68. The molecule has 0 aliphatic heterocycles. The maximum absolute atomic E-state index is 5.55. The summed E-state index contributed by atoms with van der Waals surface area (Å²) in [6, 6.07) is 10.5. The van der Waals surface area contributed by atoms with E-state index in [-0.39, 0.29) is 4.75 Å². The van der Waals surface area contributed by atoms with Crippen LogP contribution in [-0.2, 0) is 0 Å². The van der Waals surface area contributed by atoms with Crippen LogP contribution in [0.4, 0.5) is 0 Å². The largest absolute Gasteiger partial charge is 0.330 e. The number of benzene rings is 1. The SMILES string of the molecule is CC(C)(CCN)Sc1ccccc1. The van der Waals surface area contributed by atoms with E-state index in [1.165, 1.54) is 4.90 Å². The first-order valence-electron chi connectivity index (χ1n) is 4.58. The Kier molecular flexibility index (Phi) is 3.82. The quantitative estimate of drug-likeness (QED) is 0.748. The summed E-state index contributed by atoms with van der Waals surface area (Å²) in [5.74, 6) is 0. The molecule has 0 atom stereocenters. The first kappa shape index (κ1) is 10.6. The van der Waals surface area contributed by atoms with Gasteiger partial charge in [0, 0.05) is 9.64 Å². The highest BCUT2D eigenvalue weighted by Gasteiger charge is 2.17. The molecule has 72 valence electrons. The third-order valence-corrected chi connectivity index (χ3v) is 3.15. The molecular formula is C11H17NS. The number of thioether (sulfide) groups is 1. The van der Waals surface area contributed by atoms with Gasteiger partial charge in [0.05, 0.1) is 0 Å². The molecule has 0 aliphatic carbocycles. The van der Waals surface area contributed by atoms with E-state index >= 15 is 0 Å². The highest BCUT2D eigenvalue weighted by molar-refractivity contribution is 8.00. The Balaban J connectivity index is 2.58. The molecule has 2 N–H and O–H groups in total. The number of rotatable bonds is 4. The standard InChI is InChI=1S/C11H17NS/c1-11(2,8-9-12)13-10-6-4-3-5-7-10/h3-7H,8-9,12H2,1-2H3. The van der Waals surface area contributed by atoms with Crippen molar-refractivity contribution in [2.75, 3.05) is 6.54 Å². The van der Waals surface area contributed by atoms with Crippen LogP contribution >= 0.6 is 11.8 Å². The zero-order valence-electron chi connectivity index (χ0n) is 8.29. The monoisotopic (exact) mass is 195 g/mol. The van der Waals surface area contributed by atoms with E-state index < -0.39 is 0 Å². The van der Waals surface area contributed by atoms with Gasteiger partial charge in [-0.15, -0.1) is 11.8 Å². The van der Waals surface area contributed by atoms with Crippen molar-refractivity contribution in [2.24, 2.45) is 5.73 Å². The Hall–Kier alpha value is -0.470. The summed E-state index contributed by atoms with van der Waals surface area (Å²) in [6.07, 6.45) is 1.05. The smallest absolute Gasteiger partial charge is 0.0162 e. The predicted octanol–water partition coefficient (Wildman–Crippen LogP) is 2.91. The Morgan fingerprint density at radius 3 is 2.38 bits per heavy atom. The van der Waals surface area contributed by atoms with Crippen LogP contribution in [0.3, 0.4) is 0 Å². The lowest BCUT2D eigenvalue weighted by molar-refractivity contribution is 0.649. The lowest BCUT2D eigenvalue weighted by Crippen LogP contribution is -2.19. The zero-order chi connectivity index (χ0) is 9.73. The van der Waals surface area contributed by atoms with Crippen LogP contribution in [0.15, 0.2) is 35.2 Å². The molecule has 0 saturated carbocycles. The van der Waals surface area contributed by atoms with E-state index in [1.54, 1.807) is 0 Å². The zero-order valence-corrected chi connectivity index (χ0v) is 9.10. The molecule has 13 heavy (non-hydrogen) atoms. The van der Waals surface area contributed by atoms with E-state index in [0.717, 1.165) is 13.0 Å². The topological polar surface area (TPSA) is 26.0 Å². The maximum atomic E-state index is 5.55. The van der Waals surface area contributed by atoms with Gasteiger partial charge < -0.3 is 5.73 Å². The summed E-state index contributed by atoms with van der Waals surface area (Å²) in [6.45, 7) is 5.22. The van der Waals surface area contributed by atoms with Gasteiger partial charge in [0.25, 0.3) is 0 Å². The molecule has 0 fully saturated rings. The first-order chi connectivity index (χ1) is 6.14. The molecule has 1 rings (SSSR count). The highest BCUT2D eigenvalue weighted by atomic mass is 32.2. The van der Waals surface area contributed by atoms with Crippen molar-refractivity contribution in [1.29, 1.82) is 0 Å². The second-order valence-corrected chi connectivity index (χ2v) is 5.49. The van der Waals surface area contributed by atoms with E-state index in [2.05, 4.69) is 38.1 Å². The first-order valence-corrected chi connectivity index (χ1v) is 5.40. The normalized spacial score (nSPS) is 11.6. The van der Waals surface area contributed by atoms with Crippen LogP contribution < -0.4 is 5.73 Å². The average molecular weight is 195 g/mol. The van der Waals surface area contributed by atoms with Crippen molar-refractivity contribution in [3.8, 4) is 0 Å². The Morgan fingerprint density at radius 1 is 1.23 bits per heavy atom. The van der Waals surface area contributed by atoms with Gasteiger partial charge in [0.2, 0.25) is 0 Å². The average Bonchev–Trinajstić information content (AvgIpc) is 2.04. The molecule has 1 nitrogen and oxygen atoms in total. The van der Waals surface area contributed by atoms with Crippen molar-refractivity contribution < 1.29 is 0 Å². The van der Waals surface area contributed by atoms with E-state index in [9.17, 15) is 0 Å². The minimum absolute atomic E-state index is 0.246. The molecule has 0 saturated heterocycles. The molecule has 0 aromatic heterocycles. The lowest BCUT2D eigenvalue weighted by atomic mass is 10.1. The third-order valence-electron chi connectivity index (χ3n) is 1.88. The van der Waals surface area contributed by atoms with Gasteiger partial charge in [-0.3, -0.25) is 0 Å². The lowest BCUT2D eigenvalue weighted by Gasteiger charge is -2.22. The van der Waals surface area contributed by atoms with Gasteiger partial charge in [0.15, 0.2) is 0 Å². The van der Waals surface area contributed by atoms with Crippen molar-refractivity contribution in [3.63, 3.8) is 0 Å². The van der Waals surface area contributed by atoms with Crippen LogP contribution in [0.5, 0.6) is 0 Å². The molecule has 0 spiro atoms. The van der Waals surface area contributed by atoms with Crippen molar-refractivity contribution in [1.82, 2.24) is 0 Å². The summed E-state index contributed by atoms with van der Waals surface area (Å²) in [7, 11) is 0. The van der Waals surface area contributed by atoms with Gasteiger partial charge in [-0.1, -0.05) is 32.0 Å². The summed E-state index contributed by atoms with van der Waals surface area (Å²) in [4.78, 5) is 1.32. The molecular weight excluding hydrogens is 178 g/mol. The molecule has 1 aromatic carbocycles. The summed E-state index contributed by atoms with van der Waals surface area (Å²) in [5.41, 5.74) is 5.55. The molecule has 0 unspecified atom stereocenters. The van der Waals surface area contributed by atoms with Crippen LogP contribution in [0, 0.1) is 0 Å². The number of hydrogen-bond donors (Lipinski definition) is 1. The van der Waals surface area contributed by atoms with Crippen molar-refractivity contribution in [2.45, 2.75) is 29.9 Å². The maximum Gasteiger partial charge on any atom is 0.0162 e. The predicted molar refractivity (Wildman–Crippen MR) is 60.0 cm³/mol. The molecule has 2 heteroatoms. The third kappa shape index (κ3) is 3.83. The summed E-state index contributed by atoms with van der Waals surface area (Å²) < 4.78 is 0.246. The minimum atomic E-state index is 0.246. The molecule has 0 bridgehead atoms. The molecule has 0 amide bonds. The number of hydrogen-bond acceptors (Lipinski definition) is 2. The van der Waals surface area contributed by atoms with Gasteiger partial charge in [0.1, 0.15) is 0 Å². The minimum Gasteiger partial charge on any atom is -0.330 e. The van der Waals surface area contributed by atoms with Crippen LogP contribution in [-0.4, -0.2) is 11.3 Å². The fraction of sp³-hybridized carbons (Fsp3) is 0.455. The summed E-state index contributed by atoms with van der Waals surface area (Å²) >= 11 is 1.89.